The Bertz CT molecular complexity index is 895. The number of aromatic nitrogens is 1. The number of nitrogens with one attached hydrogen (secondary N) is 2. The van der Waals surface area contributed by atoms with E-state index in [1.807, 2.05) is 19.1 Å². The first kappa shape index (κ1) is 21.8. The van der Waals surface area contributed by atoms with Crippen LogP contribution in [0.15, 0.2) is 42.6 Å². The number of rotatable bonds is 8. The molecular formula is C23H28FN3O4. The van der Waals surface area contributed by atoms with E-state index in [1.54, 1.807) is 18.3 Å². The van der Waals surface area contributed by atoms with Gasteiger partial charge in [0.1, 0.15) is 18.0 Å². The lowest BCUT2D eigenvalue weighted by atomic mass is 10.1. The number of hydrogen-bond acceptors (Lipinski definition) is 6. The van der Waals surface area contributed by atoms with Crippen molar-refractivity contribution in [1.29, 1.82) is 0 Å². The Morgan fingerprint density at radius 2 is 2.03 bits per heavy atom. The number of aliphatic hydroxyl groups excluding tert-OH is 1. The molecular weight excluding hydrogens is 401 g/mol. The van der Waals surface area contributed by atoms with Crippen molar-refractivity contribution in [3.05, 3.63) is 65.2 Å². The standard InChI is InChI=1S/C23H28FN3O4/c1-14-3-2-8-26-18(14)12-25-13-20-22(29)23-19(31-20)9-17(30-23)10-21(28)27-11-15-4-6-16(24)7-5-15/h2-8,17,19-20,22-23,25,29H,9-13H2,1H3,(H,27,28). The van der Waals surface area contributed by atoms with Gasteiger partial charge < -0.3 is 25.2 Å². The third-order valence-electron chi connectivity index (χ3n) is 5.85. The van der Waals surface area contributed by atoms with E-state index in [0.717, 1.165) is 16.8 Å². The van der Waals surface area contributed by atoms with Crippen molar-refractivity contribution in [1.82, 2.24) is 15.6 Å². The number of aryl methyl sites for hydroxylation is 1. The summed E-state index contributed by atoms with van der Waals surface area (Å²) in [6.07, 6.45) is 0.517. The second-order valence-electron chi connectivity index (χ2n) is 8.17. The van der Waals surface area contributed by atoms with E-state index in [1.165, 1.54) is 12.1 Å². The normalized spacial score (nSPS) is 27.3. The summed E-state index contributed by atoms with van der Waals surface area (Å²) in [5.41, 5.74) is 2.91. The zero-order valence-corrected chi connectivity index (χ0v) is 17.5. The number of hydrogen-bond donors (Lipinski definition) is 3. The van der Waals surface area contributed by atoms with Gasteiger partial charge in [-0.25, -0.2) is 4.39 Å². The Kier molecular flexibility index (Phi) is 6.92. The van der Waals surface area contributed by atoms with Crippen LogP contribution in [0.25, 0.3) is 0 Å². The van der Waals surface area contributed by atoms with Gasteiger partial charge in [0.15, 0.2) is 0 Å². The molecule has 1 amide bonds. The average Bonchev–Trinajstić information content (AvgIpc) is 3.27. The molecule has 0 spiro atoms. The first-order valence-electron chi connectivity index (χ1n) is 10.6. The minimum absolute atomic E-state index is 0.146. The molecule has 7 nitrogen and oxygen atoms in total. The van der Waals surface area contributed by atoms with E-state index in [-0.39, 0.29) is 36.5 Å². The molecule has 3 N–H and O–H groups in total. The lowest BCUT2D eigenvalue weighted by Gasteiger charge is -2.20. The molecule has 2 fully saturated rings. The van der Waals surface area contributed by atoms with Crippen molar-refractivity contribution in [2.24, 2.45) is 0 Å². The van der Waals surface area contributed by atoms with Gasteiger partial charge in [-0.2, -0.15) is 0 Å². The summed E-state index contributed by atoms with van der Waals surface area (Å²) in [6, 6.07) is 9.92. The first-order valence-corrected chi connectivity index (χ1v) is 10.6. The molecule has 1 aromatic carbocycles. The quantitative estimate of drug-likeness (QED) is 0.591. The number of fused-ring (bicyclic) bond motifs is 1. The van der Waals surface area contributed by atoms with Crippen molar-refractivity contribution in [2.75, 3.05) is 6.54 Å². The molecule has 0 aliphatic carbocycles. The number of carbonyl (C=O) groups is 1. The van der Waals surface area contributed by atoms with Crippen molar-refractivity contribution >= 4 is 5.91 Å². The summed E-state index contributed by atoms with van der Waals surface area (Å²) in [7, 11) is 0. The summed E-state index contributed by atoms with van der Waals surface area (Å²) < 4.78 is 24.9. The van der Waals surface area contributed by atoms with E-state index in [9.17, 15) is 14.3 Å². The molecule has 166 valence electrons. The highest BCUT2D eigenvalue weighted by Crippen LogP contribution is 2.35. The maximum Gasteiger partial charge on any atom is 0.222 e. The zero-order valence-electron chi connectivity index (χ0n) is 17.5. The molecule has 2 aromatic rings. The van der Waals surface area contributed by atoms with Crippen LogP contribution in [0.5, 0.6) is 0 Å². The van der Waals surface area contributed by atoms with Gasteiger partial charge >= 0.3 is 0 Å². The lowest BCUT2D eigenvalue weighted by molar-refractivity contribution is -0.124. The Morgan fingerprint density at radius 1 is 1.23 bits per heavy atom. The molecule has 3 heterocycles. The molecule has 31 heavy (non-hydrogen) atoms. The second kappa shape index (κ2) is 9.82. The molecule has 2 aliphatic rings. The molecule has 2 saturated heterocycles. The number of pyridine rings is 1. The topological polar surface area (TPSA) is 92.7 Å². The van der Waals surface area contributed by atoms with E-state index in [4.69, 9.17) is 9.47 Å². The minimum Gasteiger partial charge on any atom is -0.388 e. The number of benzene rings is 1. The molecule has 2 aliphatic heterocycles. The molecule has 1 aromatic heterocycles. The van der Waals surface area contributed by atoms with Crippen LogP contribution in [0.1, 0.15) is 29.7 Å². The summed E-state index contributed by atoms with van der Waals surface area (Å²) in [4.78, 5) is 16.6. The minimum atomic E-state index is -0.741. The Morgan fingerprint density at radius 3 is 2.77 bits per heavy atom. The molecule has 0 saturated carbocycles. The SMILES string of the molecule is Cc1cccnc1CNCC1OC2CC(CC(=O)NCc3ccc(F)cc3)OC2C1O. The van der Waals surface area contributed by atoms with E-state index < -0.39 is 12.2 Å². The fourth-order valence-electron chi connectivity index (χ4n) is 4.13. The van der Waals surface area contributed by atoms with Gasteiger partial charge in [0, 0.05) is 32.3 Å². The predicted octanol–water partition coefficient (Wildman–Crippen LogP) is 1.61. The Hall–Kier alpha value is -2.39. The molecule has 0 bridgehead atoms. The number of halogens is 1. The third kappa shape index (κ3) is 5.46. The second-order valence-corrected chi connectivity index (χ2v) is 8.17. The monoisotopic (exact) mass is 429 g/mol. The fourth-order valence-corrected chi connectivity index (χ4v) is 4.13. The zero-order chi connectivity index (χ0) is 21.8. The van der Waals surface area contributed by atoms with Gasteiger partial charge in [0.2, 0.25) is 5.91 Å². The number of carbonyl (C=O) groups excluding carboxylic acids is 1. The van der Waals surface area contributed by atoms with Crippen molar-refractivity contribution in [3.63, 3.8) is 0 Å². The van der Waals surface area contributed by atoms with Crippen LogP contribution >= 0.6 is 0 Å². The van der Waals surface area contributed by atoms with Gasteiger partial charge in [0.05, 0.1) is 30.4 Å². The molecule has 4 rings (SSSR count). The highest BCUT2D eigenvalue weighted by molar-refractivity contribution is 5.76. The first-order chi connectivity index (χ1) is 15.0. The van der Waals surface area contributed by atoms with Gasteiger partial charge in [-0.1, -0.05) is 18.2 Å². The van der Waals surface area contributed by atoms with Crippen LogP contribution in [-0.2, 0) is 27.4 Å². The highest BCUT2D eigenvalue weighted by Gasteiger charge is 2.50. The van der Waals surface area contributed by atoms with Crippen LogP contribution in [0.2, 0.25) is 0 Å². The van der Waals surface area contributed by atoms with E-state index in [2.05, 4.69) is 15.6 Å². The Balaban J connectivity index is 1.18. The number of amides is 1. The summed E-state index contributed by atoms with van der Waals surface area (Å²) in [6.45, 7) is 3.45. The van der Waals surface area contributed by atoms with Crippen LogP contribution in [-0.4, -0.2) is 53.1 Å². The van der Waals surface area contributed by atoms with Crippen LogP contribution < -0.4 is 10.6 Å². The van der Waals surface area contributed by atoms with Crippen LogP contribution in [0, 0.1) is 12.7 Å². The molecule has 8 heteroatoms. The molecule has 5 unspecified atom stereocenters. The largest absolute Gasteiger partial charge is 0.388 e. The Labute approximate surface area is 181 Å². The van der Waals surface area contributed by atoms with Gasteiger partial charge in [-0.15, -0.1) is 0 Å². The maximum atomic E-state index is 12.9. The van der Waals surface area contributed by atoms with E-state index >= 15 is 0 Å². The summed E-state index contributed by atoms with van der Waals surface area (Å²) in [5, 5.41) is 16.7. The summed E-state index contributed by atoms with van der Waals surface area (Å²) >= 11 is 0. The van der Waals surface area contributed by atoms with E-state index in [0.29, 0.717) is 26.1 Å². The van der Waals surface area contributed by atoms with Gasteiger partial charge in [-0.05, 0) is 36.2 Å². The average molecular weight is 429 g/mol. The van der Waals surface area contributed by atoms with Crippen molar-refractivity contribution in [3.8, 4) is 0 Å². The van der Waals surface area contributed by atoms with Crippen molar-refractivity contribution in [2.45, 2.75) is 63.4 Å². The van der Waals surface area contributed by atoms with Gasteiger partial charge in [0.25, 0.3) is 0 Å². The third-order valence-corrected chi connectivity index (χ3v) is 5.85. The van der Waals surface area contributed by atoms with Crippen LogP contribution in [0.3, 0.4) is 0 Å². The van der Waals surface area contributed by atoms with Crippen LogP contribution in [0.4, 0.5) is 4.39 Å². The van der Waals surface area contributed by atoms with Gasteiger partial charge in [-0.3, -0.25) is 9.78 Å². The summed E-state index contributed by atoms with van der Waals surface area (Å²) in [5.74, 6) is -0.451. The highest BCUT2D eigenvalue weighted by atomic mass is 19.1. The molecule has 5 atom stereocenters. The number of nitrogens with zero attached hydrogens (tertiary/aromatic N) is 1. The number of aliphatic hydroxyl groups is 1. The predicted molar refractivity (Wildman–Crippen MR) is 111 cm³/mol. The molecule has 0 radical (unpaired) electrons. The lowest BCUT2D eigenvalue weighted by Crippen LogP contribution is -2.39. The van der Waals surface area contributed by atoms with Crippen molar-refractivity contribution < 1.29 is 23.8 Å². The fraction of sp³-hybridized carbons (Fsp3) is 0.478. The number of ether oxygens (including phenoxy) is 2. The smallest absolute Gasteiger partial charge is 0.222 e. The maximum absolute atomic E-state index is 12.9.